The summed E-state index contributed by atoms with van der Waals surface area (Å²) in [5.41, 5.74) is 1.84. The van der Waals surface area contributed by atoms with E-state index in [0.29, 0.717) is 13.0 Å². The molecule has 0 saturated carbocycles. The lowest BCUT2D eigenvalue weighted by molar-refractivity contribution is -0.132. The predicted octanol–water partition coefficient (Wildman–Crippen LogP) is 3.68. The molecule has 1 aliphatic carbocycles. The highest BCUT2D eigenvalue weighted by molar-refractivity contribution is 6.92. The minimum atomic E-state index is -0.158. The highest BCUT2D eigenvalue weighted by Crippen LogP contribution is 2.31. The van der Waals surface area contributed by atoms with E-state index in [4.69, 9.17) is 4.74 Å². The van der Waals surface area contributed by atoms with E-state index in [1.165, 1.54) is 6.42 Å². The van der Waals surface area contributed by atoms with Gasteiger partial charge in [-0.2, -0.15) is 9.90 Å². The van der Waals surface area contributed by atoms with Gasteiger partial charge in [-0.3, -0.25) is 9.59 Å². The van der Waals surface area contributed by atoms with E-state index in [-0.39, 0.29) is 27.5 Å². The lowest BCUT2D eigenvalue weighted by Crippen LogP contribution is -2.38. The smallest absolute Gasteiger partial charge is 0.223 e. The summed E-state index contributed by atoms with van der Waals surface area (Å²) in [4.78, 5) is 27.1. The lowest BCUT2D eigenvalue weighted by atomic mass is 9.80. The Hall–Kier alpha value is -1.41. The molecule has 5 heteroatoms. The van der Waals surface area contributed by atoms with Crippen molar-refractivity contribution in [1.82, 2.24) is 4.90 Å². The first-order chi connectivity index (χ1) is 11.7. The molecule has 0 radical (unpaired) electrons. The normalized spacial score (nSPS) is 19.8. The molecule has 3 rings (SSSR count). The van der Waals surface area contributed by atoms with Gasteiger partial charge < -0.3 is 9.64 Å². The van der Waals surface area contributed by atoms with Crippen molar-refractivity contribution >= 4 is 21.6 Å². The van der Waals surface area contributed by atoms with E-state index >= 15 is 0 Å². The van der Waals surface area contributed by atoms with Crippen LogP contribution in [0.5, 0.6) is 5.75 Å². The second-order valence-electron chi connectivity index (χ2n) is 6.91. The van der Waals surface area contributed by atoms with Gasteiger partial charge >= 0.3 is 0 Å². The number of nitrogens with zero attached hydrogens (tertiary/aromatic N) is 1. The van der Waals surface area contributed by atoms with Crippen LogP contribution < -0.4 is 4.74 Å². The van der Waals surface area contributed by atoms with Gasteiger partial charge in [0.05, 0.1) is 6.61 Å². The molecule has 1 aliphatic heterocycles. The molecule has 1 aromatic rings. The third kappa shape index (κ3) is 4.82. The van der Waals surface area contributed by atoms with E-state index in [2.05, 4.69) is 6.92 Å². The van der Waals surface area contributed by atoms with Gasteiger partial charge in [0.2, 0.25) is 5.91 Å². The van der Waals surface area contributed by atoms with Gasteiger partial charge in [-0.05, 0) is 62.3 Å². The van der Waals surface area contributed by atoms with Gasteiger partial charge in [-0.15, -0.1) is 0 Å². The minimum absolute atomic E-state index is 0. The van der Waals surface area contributed by atoms with Gasteiger partial charge in [0, 0.05) is 31.0 Å². The molecular formula is C20H30NO3P. The molecular weight excluding hydrogens is 333 g/mol. The van der Waals surface area contributed by atoms with Gasteiger partial charge in [-0.25, -0.2) is 0 Å². The van der Waals surface area contributed by atoms with Gasteiger partial charge in [0.1, 0.15) is 5.75 Å². The average molecular weight is 363 g/mol. The topological polar surface area (TPSA) is 46.6 Å². The quantitative estimate of drug-likeness (QED) is 0.750. The van der Waals surface area contributed by atoms with Crippen molar-refractivity contribution in [2.45, 2.75) is 51.9 Å². The number of benzene rings is 1. The Morgan fingerprint density at radius 3 is 2.72 bits per heavy atom. The number of aryl methyl sites for hydroxylation is 1. The highest BCUT2D eigenvalue weighted by Gasteiger charge is 2.31. The average Bonchev–Trinajstić information content (AvgIpc) is 2.63. The van der Waals surface area contributed by atoms with Gasteiger partial charge in [0.15, 0.2) is 5.78 Å². The third-order valence-electron chi connectivity index (χ3n) is 5.08. The summed E-state index contributed by atoms with van der Waals surface area (Å²) in [5, 5.41) is 0. The Bertz CT molecular complexity index is 611. The maximum atomic E-state index is 12.7. The molecule has 2 atom stereocenters. The SMILES string of the molecule is CCCOc1ccc2c(c1)CCC(CC(=O)N1CCCCC1)C2=O.P. The van der Waals surface area contributed by atoms with Crippen LogP contribution in [-0.2, 0) is 11.2 Å². The summed E-state index contributed by atoms with van der Waals surface area (Å²) in [6.45, 7) is 4.48. The first kappa shape index (κ1) is 19.9. The second-order valence-corrected chi connectivity index (χ2v) is 6.91. The van der Waals surface area contributed by atoms with Crippen molar-refractivity contribution in [3.8, 4) is 5.75 Å². The highest BCUT2D eigenvalue weighted by atomic mass is 31.0. The number of hydrogen-bond donors (Lipinski definition) is 0. The molecule has 0 spiro atoms. The number of piperidine rings is 1. The number of ether oxygens (including phenoxy) is 1. The van der Waals surface area contributed by atoms with Crippen LogP contribution in [0.15, 0.2) is 18.2 Å². The molecule has 2 aliphatic rings. The van der Waals surface area contributed by atoms with Crippen LogP contribution in [0.25, 0.3) is 0 Å². The number of Topliss-reactive ketones (excluding diaryl/α,β-unsaturated/α-hetero) is 1. The molecule has 138 valence electrons. The van der Waals surface area contributed by atoms with Gasteiger partial charge in [-0.1, -0.05) is 6.92 Å². The molecule has 4 nitrogen and oxygen atoms in total. The van der Waals surface area contributed by atoms with E-state index in [1.807, 2.05) is 23.1 Å². The summed E-state index contributed by atoms with van der Waals surface area (Å²) in [5.74, 6) is 0.962. The fraction of sp³-hybridized carbons (Fsp3) is 0.600. The van der Waals surface area contributed by atoms with Crippen molar-refractivity contribution in [2.24, 2.45) is 5.92 Å². The fourth-order valence-electron chi connectivity index (χ4n) is 3.69. The van der Waals surface area contributed by atoms with Crippen molar-refractivity contribution in [2.75, 3.05) is 19.7 Å². The minimum Gasteiger partial charge on any atom is -0.494 e. The van der Waals surface area contributed by atoms with E-state index in [9.17, 15) is 9.59 Å². The van der Waals surface area contributed by atoms with Crippen molar-refractivity contribution in [3.05, 3.63) is 29.3 Å². The summed E-state index contributed by atoms with van der Waals surface area (Å²) < 4.78 is 5.66. The van der Waals surface area contributed by atoms with E-state index < -0.39 is 0 Å². The van der Waals surface area contributed by atoms with Gasteiger partial charge in [0.25, 0.3) is 0 Å². The van der Waals surface area contributed by atoms with Crippen LogP contribution >= 0.6 is 9.90 Å². The summed E-state index contributed by atoms with van der Waals surface area (Å²) in [7, 11) is 0. The van der Waals surface area contributed by atoms with Crippen LogP contribution in [0.4, 0.5) is 0 Å². The number of likely N-dealkylation sites (tertiary alicyclic amines) is 1. The van der Waals surface area contributed by atoms with Crippen LogP contribution in [-0.4, -0.2) is 36.3 Å². The second kappa shape index (κ2) is 9.33. The van der Waals surface area contributed by atoms with Crippen LogP contribution in [0.3, 0.4) is 0 Å². The fourth-order valence-corrected chi connectivity index (χ4v) is 3.69. The molecule has 1 amide bonds. The van der Waals surface area contributed by atoms with E-state index in [0.717, 1.165) is 62.1 Å². The zero-order valence-corrected chi connectivity index (χ0v) is 16.7. The maximum absolute atomic E-state index is 12.7. The molecule has 1 fully saturated rings. The Balaban J connectivity index is 0.00000225. The molecule has 1 saturated heterocycles. The molecule has 25 heavy (non-hydrogen) atoms. The number of ketones is 1. The molecule has 1 heterocycles. The molecule has 2 unspecified atom stereocenters. The standard InChI is InChI=1S/C20H27NO3.H3P/c1-2-12-24-17-8-9-18-15(13-17)6-7-16(20(18)23)14-19(22)21-10-4-3-5-11-21;/h8-9,13,16H,2-7,10-12,14H2,1H3;1H3. The number of hydrogen-bond acceptors (Lipinski definition) is 3. The summed E-state index contributed by atoms with van der Waals surface area (Å²) >= 11 is 0. The number of fused-ring (bicyclic) bond motifs is 1. The van der Waals surface area contributed by atoms with Crippen LogP contribution in [0.2, 0.25) is 0 Å². The van der Waals surface area contributed by atoms with Crippen LogP contribution in [0, 0.1) is 5.92 Å². The molecule has 0 N–H and O–H groups in total. The first-order valence-electron chi connectivity index (χ1n) is 9.26. The molecule has 0 bridgehead atoms. The van der Waals surface area contributed by atoms with Crippen molar-refractivity contribution in [3.63, 3.8) is 0 Å². The number of carbonyl (C=O) groups is 2. The monoisotopic (exact) mass is 363 g/mol. The van der Waals surface area contributed by atoms with Crippen molar-refractivity contribution < 1.29 is 14.3 Å². The zero-order valence-electron chi connectivity index (χ0n) is 15.3. The van der Waals surface area contributed by atoms with Crippen molar-refractivity contribution in [1.29, 1.82) is 0 Å². The molecule has 1 aromatic carbocycles. The Morgan fingerprint density at radius 2 is 2.00 bits per heavy atom. The maximum Gasteiger partial charge on any atom is 0.223 e. The lowest BCUT2D eigenvalue weighted by Gasteiger charge is -2.29. The Kier molecular flexibility index (Phi) is 7.43. The Labute approximate surface area is 153 Å². The third-order valence-corrected chi connectivity index (χ3v) is 5.08. The zero-order chi connectivity index (χ0) is 16.9. The number of rotatable bonds is 5. The summed E-state index contributed by atoms with van der Waals surface area (Å²) in [6, 6.07) is 5.74. The predicted molar refractivity (Wildman–Crippen MR) is 105 cm³/mol. The van der Waals surface area contributed by atoms with Crippen LogP contribution in [0.1, 0.15) is 61.4 Å². The largest absolute Gasteiger partial charge is 0.494 e. The molecule has 0 aromatic heterocycles. The summed E-state index contributed by atoms with van der Waals surface area (Å²) in [6.07, 6.45) is 6.34. The Morgan fingerprint density at radius 1 is 1.24 bits per heavy atom. The first-order valence-corrected chi connectivity index (χ1v) is 9.26. The van der Waals surface area contributed by atoms with E-state index in [1.54, 1.807) is 0 Å². The number of amides is 1. The number of carbonyl (C=O) groups excluding carboxylic acids is 2.